The SMILES string of the molecule is COc1ccc(-c2nc3ccc(-c4csc(C#N)c4)cn3c2CN2CCCN(C)CC2)cc1. The lowest BCUT2D eigenvalue weighted by Gasteiger charge is -2.20. The van der Waals surface area contributed by atoms with Crippen LogP contribution in [0, 0.1) is 11.3 Å². The first kappa shape index (κ1) is 21.7. The fourth-order valence-corrected chi connectivity index (χ4v) is 5.12. The van der Waals surface area contributed by atoms with Gasteiger partial charge in [0.1, 0.15) is 22.3 Å². The van der Waals surface area contributed by atoms with E-state index < -0.39 is 0 Å². The molecule has 0 amide bonds. The summed E-state index contributed by atoms with van der Waals surface area (Å²) in [7, 11) is 3.88. The molecule has 5 rings (SSSR count). The number of thiophene rings is 1. The van der Waals surface area contributed by atoms with Crippen LogP contribution in [0.3, 0.4) is 0 Å². The molecule has 33 heavy (non-hydrogen) atoms. The minimum absolute atomic E-state index is 0.726. The summed E-state index contributed by atoms with van der Waals surface area (Å²) in [5.74, 6) is 0.840. The first-order valence-corrected chi connectivity index (χ1v) is 12.1. The van der Waals surface area contributed by atoms with Gasteiger partial charge in [-0.1, -0.05) is 0 Å². The number of aromatic nitrogens is 2. The predicted molar refractivity (Wildman–Crippen MR) is 133 cm³/mol. The second-order valence-corrected chi connectivity index (χ2v) is 9.44. The third-order valence-corrected chi connectivity index (χ3v) is 7.14. The van der Waals surface area contributed by atoms with Gasteiger partial charge in [-0.25, -0.2) is 4.98 Å². The number of likely N-dealkylation sites (N-methyl/N-ethyl adjacent to an activating group) is 1. The van der Waals surface area contributed by atoms with Crippen LogP contribution in [0.1, 0.15) is 17.0 Å². The molecule has 0 saturated carbocycles. The second kappa shape index (κ2) is 9.36. The highest BCUT2D eigenvalue weighted by molar-refractivity contribution is 7.10. The molecule has 0 unspecified atom stereocenters. The van der Waals surface area contributed by atoms with Crippen molar-refractivity contribution in [3.63, 3.8) is 0 Å². The average molecular weight is 458 g/mol. The van der Waals surface area contributed by atoms with Crippen LogP contribution in [0.4, 0.5) is 0 Å². The minimum atomic E-state index is 0.726. The number of hydrogen-bond donors (Lipinski definition) is 0. The highest BCUT2D eigenvalue weighted by atomic mass is 32.1. The smallest absolute Gasteiger partial charge is 0.137 e. The molecule has 1 aliphatic heterocycles. The van der Waals surface area contributed by atoms with E-state index in [1.807, 2.05) is 23.6 Å². The molecule has 1 aliphatic rings. The van der Waals surface area contributed by atoms with E-state index in [-0.39, 0.29) is 0 Å². The summed E-state index contributed by atoms with van der Waals surface area (Å²) < 4.78 is 7.58. The van der Waals surface area contributed by atoms with Gasteiger partial charge in [0.05, 0.1) is 18.5 Å². The van der Waals surface area contributed by atoms with Crippen molar-refractivity contribution in [3.05, 3.63) is 64.6 Å². The Morgan fingerprint density at radius 3 is 2.61 bits per heavy atom. The number of benzene rings is 1. The van der Waals surface area contributed by atoms with Gasteiger partial charge in [0.15, 0.2) is 0 Å². The van der Waals surface area contributed by atoms with Crippen molar-refractivity contribution < 1.29 is 4.74 Å². The van der Waals surface area contributed by atoms with Crippen LogP contribution in [0.15, 0.2) is 54.0 Å². The van der Waals surface area contributed by atoms with Crippen LogP contribution < -0.4 is 4.74 Å². The Balaban J connectivity index is 1.59. The van der Waals surface area contributed by atoms with Crippen molar-refractivity contribution in [3.8, 4) is 34.2 Å². The van der Waals surface area contributed by atoms with E-state index >= 15 is 0 Å². The number of ether oxygens (including phenoxy) is 1. The lowest BCUT2D eigenvalue weighted by atomic mass is 10.1. The maximum atomic E-state index is 9.23. The molecule has 4 aromatic rings. The van der Waals surface area contributed by atoms with Gasteiger partial charge in [0.2, 0.25) is 0 Å². The third-order valence-electron chi connectivity index (χ3n) is 6.31. The standard InChI is InChI=1S/C26H27N5OS/c1-29-10-3-11-30(13-12-29)17-24-26(19-4-7-22(32-2)8-5-19)28-25-9-6-20(16-31(24)25)21-14-23(15-27)33-18-21/h4-9,14,16,18H,3,10-13,17H2,1-2H3. The number of methoxy groups -OCH3 is 1. The Labute approximate surface area is 198 Å². The topological polar surface area (TPSA) is 56.8 Å². The molecule has 168 valence electrons. The number of nitrogens with zero attached hydrogens (tertiary/aromatic N) is 5. The molecular weight excluding hydrogens is 430 g/mol. The number of rotatable bonds is 5. The molecule has 6 nitrogen and oxygen atoms in total. The lowest BCUT2D eigenvalue weighted by molar-refractivity contribution is 0.266. The molecule has 0 N–H and O–H groups in total. The molecule has 0 aliphatic carbocycles. The van der Waals surface area contributed by atoms with Crippen LogP contribution in [0.5, 0.6) is 5.75 Å². The molecule has 3 aromatic heterocycles. The van der Waals surface area contributed by atoms with Crippen LogP contribution in [-0.2, 0) is 6.54 Å². The second-order valence-electron chi connectivity index (χ2n) is 8.53. The van der Waals surface area contributed by atoms with Gasteiger partial charge in [-0.3, -0.25) is 4.90 Å². The Kier molecular flexibility index (Phi) is 6.14. The molecule has 1 saturated heterocycles. The van der Waals surface area contributed by atoms with Gasteiger partial charge >= 0.3 is 0 Å². The van der Waals surface area contributed by atoms with Crippen molar-refractivity contribution in [1.29, 1.82) is 5.26 Å². The zero-order valence-electron chi connectivity index (χ0n) is 19.0. The molecule has 1 aromatic carbocycles. The summed E-state index contributed by atoms with van der Waals surface area (Å²) in [5.41, 5.74) is 6.39. The average Bonchev–Trinajstić information content (AvgIpc) is 3.41. The fourth-order valence-electron chi connectivity index (χ4n) is 4.41. The van der Waals surface area contributed by atoms with Gasteiger partial charge in [0.25, 0.3) is 0 Å². The lowest BCUT2D eigenvalue weighted by Crippen LogP contribution is -2.29. The van der Waals surface area contributed by atoms with E-state index in [9.17, 15) is 5.26 Å². The first-order valence-electron chi connectivity index (χ1n) is 11.2. The van der Waals surface area contributed by atoms with Crippen molar-refractivity contribution in [1.82, 2.24) is 19.2 Å². The Morgan fingerprint density at radius 1 is 1.03 bits per heavy atom. The number of imidazole rings is 1. The Bertz CT molecular complexity index is 1300. The van der Waals surface area contributed by atoms with E-state index in [1.165, 1.54) is 23.5 Å². The van der Waals surface area contributed by atoms with Gasteiger partial charge in [-0.15, -0.1) is 11.3 Å². The highest BCUT2D eigenvalue weighted by Gasteiger charge is 2.20. The first-order chi connectivity index (χ1) is 16.1. The predicted octanol–water partition coefficient (Wildman–Crippen LogP) is 4.75. The number of hydrogen-bond acceptors (Lipinski definition) is 6. The van der Waals surface area contributed by atoms with E-state index in [4.69, 9.17) is 9.72 Å². The molecule has 0 spiro atoms. The Hall–Kier alpha value is -3.18. The molecule has 0 radical (unpaired) electrons. The summed E-state index contributed by atoms with van der Waals surface area (Å²) in [6.07, 6.45) is 3.33. The maximum Gasteiger partial charge on any atom is 0.137 e. The van der Waals surface area contributed by atoms with Crippen molar-refractivity contribution in [2.24, 2.45) is 0 Å². The number of fused-ring (bicyclic) bond motifs is 1. The summed E-state index contributed by atoms with van der Waals surface area (Å²) >= 11 is 1.48. The van der Waals surface area contributed by atoms with Crippen molar-refractivity contribution in [2.75, 3.05) is 40.3 Å². The fraction of sp³-hybridized carbons (Fsp3) is 0.308. The molecule has 4 heterocycles. The highest BCUT2D eigenvalue weighted by Crippen LogP contribution is 2.31. The van der Waals surface area contributed by atoms with Crippen LogP contribution in [0.25, 0.3) is 28.0 Å². The van der Waals surface area contributed by atoms with E-state index in [0.717, 1.165) is 71.4 Å². The minimum Gasteiger partial charge on any atom is -0.497 e. The van der Waals surface area contributed by atoms with Crippen LogP contribution in [0.2, 0.25) is 0 Å². The largest absolute Gasteiger partial charge is 0.497 e. The summed E-state index contributed by atoms with van der Waals surface area (Å²) in [5, 5.41) is 11.3. The molecule has 1 fully saturated rings. The van der Waals surface area contributed by atoms with Gasteiger partial charge in [0, 0.05) is 31.4 Å². The normalized spacial score (nSPS) is 15.4. The van der Waals surface area contributed by atoms with Gasteiger partial charge in [-0.2, -0.15) is 5.26 Å². The number of nitriles is 1. The maximum absolute atomic E-state index is 9.23. The van der Waals surface area contributed by atoms with Gasteiger partial charge < -0.3 is 14.0 Å². The molecule has 7 heteroatoms. The van der Waals surface area contributed by atoms with Crippen molar-refractivity contribution in [2.45, 2.75) is 13.0 Å². The van der Waals surface area contributed by atoms with E-state index in [2.05, 4.69) is 57.8 Å². The van der Waals surface area contributed by atoms with Crippen LogP contribution >= 0.6 is 11.3 Å². The molecule has 0 bridgehead atoms. The summed E-state index contributed by atoms with van der Waals surface area (Å²) in [4.78, 5) is 10.7. The summed E-state index contributed by atoms with van der Waals surface area (Å²) in [6, 6.07) is 16.5. The van der Waals surface area contributed by atoms with E-state index in [0.29, 0.717) is 0 Å². The zero-order valence-corrected chi connectivity index (χ0v) is 19.8. The van der Waals surface area contributed by atoms with Crippen LogP contribution in [-0.4, -0.2) is 59.5 Å². The van der Waals surface area contributed by atoms with E-state index in [1.54, 1.807) is 7.11 Å². The Morgan fingerprint density at radius 2 is 1.85 bits per heavy atom. The van der Waals surface area contributed by atoms with Gasteiger partial charge in [-0.05, 0) is 85.5 Å². The number of pyridine rings is 1. The summed E-state index contributed by atoms with van der Waals surface area (Å²) in [6.45, 7) is 5.17. The van der Waals surface area contributed by atoms with Crippen molar-refractivity contribution >= 4 is 17.0 Å². The quantitative estimate of drug-likeness (QED) is 0.433. The molecule has 0 atom stereocenters. The zero-order chi connectivity index (χ0) is 22.8. The monoisotopic (exact) mass is 457 g/mol. The molecular formula is C26H27N5OS. The third kappa shape index (κ3) is 4.51.